The summed E-state index contributed by atoms with van der Waals surface area (Å²) in [5, 5.41) is 9.72. The Morgan fingerprint density at radius 3 is 2.59 bits per heavy atom. The zero-order chi connectivity index (χ0) is 16.3. The molecule has 0 aliphatic carbocycles. The molecule has 0 aliphatic heterocycles. The van der Waals surface area contributed by atoms with E-state index in [9.17, 15) is 4.79 Å². The van der Waals surface area contributed by atoms with Crippen LogP contribution >= 0.6 is 11.8 Å². The number of carbonyl (C=O) groups is 1. The number of methoxy groups -OCH3 is 2. The second-order valence-electron chi connectivity index (χ2n) is 4.71. The normalized spacial score (nSPS) is 12.2. The van der Waals surface area contributed by atoms with Crippen LogP contribution in [-0.4, -0.2) is 42.1 Å². The molecule has 2 rings (SSSR count). The summed E-state index contributed by atoms with van der Waals surface area (Å²) in [5.41, 5.74) is 7.08. The fourth-order valence-electron chi connectivity index (χ4n) is 2.07. The number of hydrogen-bond acceptors (Lipinski definition) is 6. The van der Waals surface area contributed by atoms with E-state index < -0.39 is 12.0 Å². The van der Waals surface area contributed by atoms with Crippen molar-refractivity contribution in [2.45, 2.75) is 17.9 Å². The number of carboxylic acids is 1. The number of aliphatic carboxylic acids is 1. The molecule has 0 fully saturated rings. The van der Waals surface area contributed by atoms with E-state index in [0.717, 1.165) is 16.0 Å². The average Bonchev–Trinajstić information content (AvgIpc) is 2.50. The second kappa shape index (κ2) is 6.85. The van der Waals surface area contributed by atoms with E-state index in [1.807, 2.05) is 13.0 Å². The molecule has 0 aliphatic rings. The molecule has 3 N–H and O–H groups in total. The van der Waals surface area contributed by atoms with Gasteiger partial charge in [-0.15, -0.1) is 11.8 Å². The molecular formula is C15H18N2O4S. The molecule has 0 saturated heterocycles. The fourth-order valence-corrected chi connectivity index (χ4v) is 3.17. The summed E-state index contributed by atoms with van der Waals surface area (Å²) in [7, 11) is 3.16. The van der Waals surface area contributed by atoms with E-state index in [2.05, 4.69) is 4.98 Å². The van der Waals surface area contributed by atoms with Crippen molar-refractivity contribution < 1.29 is 19.4 Å². The summed E-state index contributed by atoms with van der Waals surface area (Å²) in [6.07, 6.45) is 0. The first-order chi connectivity index (χ1) is 10.5. The first-order valence-corrected chi connectivity index (χ1v) is 7.60. The molecule has 0 saturated carbocycles. The second-order valence-corrected chi connectivity index (χ2v) is 5.77. The number of nitrogens with zero attached hydrogens (tertiary/aromatic N) is 1. The quantitative estimate of drug-likeness (QED) is 0.786. The van der Waals surface area contributed by atoms with E-state index in [1.165, 1.54) is 11.8 Å². The number of aromatic nitrogens is 1. The maximum atomic E-state index is 10.9. The average molecular weight is 322 g/mol. The lowest BCUT2D eigenvalue weighted by Gasteiger charge is -2.14. The Kier molecular flexibility index (Phi) is 5.10. The third-order valence-corrected chi connectivity index (χ3v) is 4.31. The Hall–Kier alpha value is -1.99. The van der Waals surface area contributed by atoms with Crippen molar-refractivity contribution in [2.75, 3.05) is 20.0 Å². The fraction of sp³-hybridized carbons (Fsp3) is 0.333. The molecule has 22 heavy (non-hydrogen) atoms. The van der Waals surface area contributed by atoms with Crippen LogP contribution in [-0.2, 0) is 4.79 Å². The lowest BCUT2D eigenvalue weighted by atomic mass is 10.1. The maximum Gasteiger partial charge on any atom is 0.321 e. The van der Waals surface area contributed by atoms with Crippen LogP contribution in [0.1, 0.15) is 5.69 Å². The van der Waals surface area contributed by atoms with Gasteiger partial charge in [-0.2, -0.15) is 0 Å². The van der Waals surface area contributed by atoms with Crippen molar-refractivity contribution in [1.82, 2.24) is 4.98 Å². The minimum Gasteiger partial charge on any atom is -0.496 e. The topological polar surface area (TPSA) is 94.7 Å². The predicted octanol–water partition coefficient (Wildman–Crippen LogP) is 2.06. The highest BCUT2D eigenvalue weighted by Gasteiger charge is 2.17. The van der Waals surface area contributed by atoms with Gasteiger partial charge in [0.15, 0.2) is 0 Å². The van der Waals surface area contributed by atoms with Crippen LogP contribution in [0.4, 0.5) is 0 Å². The summed E-state index contributed by atoms with van der Waals surface area (Å²) >= 11 is 1.37. The number of pyridine rings is 1. The molecule has 0 spiro atoms. The van der Waals surface area contributed by atoms with Crippen LogP contribution in [0.2, 0.25) is 0 Å². The molecular weight excluding hydrogens is 304 g/mol. The molecule has 1 aromatic carbocycles. The first-order valence-electron chi connectivity index (χ1n) is 6.61. The van der Waals surface area contributed by atoms with Crippen LogP contribution in [0.25, 0.3) is 10.9 Å². The van der Waals surface area contributed by atoms with Gasteiger partial charge in [0.2, 0.25) is 0 Å². The predicted molar refractivity (Wildman–Crippen MR) is 85.9 cm³/mol. The maximum absolute atomic E-state index is 10.9. The largest absolute Gasteiger partial charge is 0.496 e. The molecule has 1 atom stereocenters. The highest BCUT2D eigenvalue weighted by atomic mass is 32.2. The molecule has 0 radical (unpaired) electrons. The van der Waals surface area contributed by atoms with Crippen LogP contribution < -0.4 is 15.2 Å². The summed E-state index contributed by atoms with van der Waals surface area (Å²) in [5.74, 6) is 0.541. The minimum atomic E-state index is -1.02. The highest BCUT2D eigenvalue weighted by molar-refractivity contribution is 7.99. The number of nitrogens with two attached hydrogens (primary N) is 1. The van der Waals surface area contributed by atoms with Gasteiger partial charge in [-0.25, -0.2) is 4.98 Å². The molecule has 6 nitrogen and oxygen atoms in total. The van der Waals surface area contributed by atoms with Crippen molar-refractivity contribution >= 4 is 28.6 Å². The number of hydrogen-bond donors (Lipinski definition) is 2. The van der Waals surface area contributed by atoms with Gasteiger partial charge >= 0.3 is 5.97 Å². The van der Waals surface area contributed by atoms with Crippen molar-refractivity contribution in [2.24, 2.45) is 5.73 Å². The number of rotatable bonds is 6. The third-order valence-electron chi connectivity index (χ3n) is 3.15. The van der Waals surface area contributed by atoms with Gasteiger partial charge in [0.25, 0.3) is 0 Å². The Labute approximate surface area is 132 Å². The van der Waals surface area contributed by atoms with Crippen LogP contribution in [0.15, 0.2) is 23.1 Å². The Morgan fingerprint density at radius 2 is 2.00 bits per heavy atom. The monoisotopic (exact) mass is 322 g/mol. The van der Waals surface area contributed by atoms with E-state index >= 15 is 0 Å². The molecule has 0 bridgehead atoms. The molecule has 1 heterocycles. The number of benzene rings is 1. The van der Waals surface area contributed by atoms with Gasteiger partial charge in [-0.1, -0.05) is 0 Å². The SMILES string of the molecule is COc1ccc(OC)c2c(SC[C@H](N)C(=O)O)cc(C)nc12. The van der Waals surface area contributed by atoms with Gasteiger partial charge in [0, 0.05) is 16.3 Å². The summed E-state index contributed by atoms with van der Waals surface area (Å²) in [6.45, 7) is 1.87. The zero-order valence-electron chi connectivity index (χ0n) is 12.6. The summed E-state index contributed by atoms with van der Waals surface area (Å²) < 4.78 is 10.8. The Morgan fingerprint density at radius 1 is 1.36 bits per heavy atom. The van der Waals surface area contributed by atoms with Crippen molar-refractivity contribution in [3.8, 4) is 11.5 Å². The standard InChI is InChI=1S/C15H18N2O4S/c1-8-6-12(22-7-9(16)15(18)19)13-10(20-2)4-5-11(21-3)14(13)17-8/h4-6,9H,7,16H2,1-3H3,(H,18,19)/t9-/m0/s1. The highest BCUT2D eigenvalue weighted by Crippen LogP contribution is 2.38. The third kappa shape index (κ3) is 3.26. The molecule has 1 aromatic heterocycles. The number of fused-ring (bicyclic) bond motifs is 1. The van der Waals surface area contributed by atoms with E-state index in [1.54, 1.807) is 26.4 Å². The molecule has 7 heteroatoms. The van der Waals surface area contributed by atoms with Gasteiger partial charge < -0.3 is 20.3 Å². The first kappa shape index (κ1) is 16.4. The van der Waals surface area contributed by atoms with Crippen LogP contribution in [0, 0.1) is 6.92 Å². The number of carboxylic acid groups (broad SMARTS) is 1. The van der Waals surface area contributed by atoms with Crippen LogP contribution in [0.3, 0.4) is 0 Å². The molecule has 118 valence electrons. The van der Waals surface area contributed by atoms with Crippen molar-refractivity contribution in [3.05, 3.63) is 23.9 Å². The summed E-state index contributed by atoms with van der Waals surface area (Å²) in [6, 6.07) is 4.57. The molecule has 2 aromatic rings. The lowest BCUT2D eigenvalue weighted by Crippen LogP contribution is -2.32. The van der Waals surface area contributed by atoms with Gasteiger partial charge in [-0.3, -0.25) is 4.79 Å². The number of aryl methyl sites for hydroxylation is 1. The zero-order valence-corrected chi connectivity index (χ0v) is 13.4. The van der Waals surface area contributed by atoms with Crippen molar-refractivity contribution in [1.29, 1.82) is 0 Å². The number of thioether (sulfide) groups is 1. The van der Waals surface area contributed by atoms with E-state index in [-0.39, 0.29) is 5.75 Å². The van der Waals surface area contributed by atoms with Gasteiger partial charge in [0.1, 0.15) is 23.1 Å². The van der Waals surface area contributed by atoms with E-state index in [4.69, 9.17) is 20.3 Å². The molecule has 0 unspecified atom stereocenters. The van der Waals surface area contributed by atoms with Gasteiger partial charge in [-0.05, 0) is 25.1 Å². The molecule has 0 amide bonds. The summed E-state index contributed by atoms with van der Waals surface area (Å²) in [4.78, 5) is 16.3. The Bertz CT molecular complexity index is 705. The van der Waals surface area contributed by atoms with Gasteiger partial charge in [0.05, 0.1) is 19.6 Å². The number of ether oxygens (including phenoxy) is 2. The lowest BCUT2D eigenvalue weighted by molar-refractivity contribution is -0.137. The minimum absolute atomic E-state index is 0.258. The van der Waals surface area contributed by atoms with Crippen molar-refractivity contribution in [3.63, 3.8) is 0 Å². The smallest absolute Gasteiger partial charge is 0.321 e. The van der Waals surface area contributed by atoms with E-state index in [0.29, 0.717) is 17.0 Å². The van der Waals surface area contributed by atoms with Crippen LogP contribution in [0.5, 0.6) is 11.5 Å². The Balaban J connectivity index is 2.54.